The lowest BCUT2D eigenvalue weighted by Gasteiger charge is -2.34. The normalized spacial score (nSPS) is 15.0. The molecule has 1 amide bonds. The van der Waals surface area contributed by atoms with E-state index in [2.05, 4.69) is 32.8 Å². The van der Waals surface area contributed by atoms with Gasteiger partial charge in [-0.15, -0.1) is 0 Å². The van der Waals surface area contributed by atoms with Gasteiger partial charge < -0.3 is 15.3 Å². The molecule has 7 heteroatoms. The van der Waals surface area contributed by atoms with E-state index in [-0.39, 0.29) is 12.5 Å². The Balaban J connectivity index is 1.80. The number of rotatable bonds is 5. The number of nitrogens with one attached hydrogen (secondary N) is 1. The molecule has 2 aromatic rings. The second kappa shape index (κ2) is 8.99. The van der Waals surface area contributed by atoms with Crippen molar-refractivity contribution in [1.29, 1.82) is 0 Å². The summed E-state index contributed by atoms with van der Waals surface area (Å²) < 4.78 is 15.0. The maximum Gasteiger partial charge on any atom is 0.256 e. The third kappa shape index (κ3) is 4.97. The zero-order valence-electron chi connectivity index (χ0n) is 15.2. The van der Waals surface area contributed by atoms with Crippen molar-refractivity contribution in [3.05, 3.63) is 56.9 Å². The maximum atomic E-state index is 13.9. The molecular formula is C20H23FIN3O2. The molecule has 5 nitrogen and oxygen atoms in total. The first-order valence-corrected chi connectivity index (χ1v) is 10.0. The smallest absolute Gasteiger partial charge is 0.256 e. The standard InChI is InChI=1S/C20H23FIN3O2/c1-14-12-16(22)3-5-18(14)23-19-4-2-15(21)13-17(19)20(27)25-8-6-24(7-9-25)10-11-26/h2-5,12-13,23,26H,6-11H2,1H3. The van der Waals surface area contributed by atoms with Crippen molar-refractivity contribution >= 4 is 39.9 Å². The topological polar surface area (TPSA) is 55.8 Å². The zero-order chi connectivity index (χ0) is 19.4. The van der Waals surface area contributed by atoms with Crippen molar-refractivity contribution in [2.45, 2.75) is 6.92 Å². The Labute approximate surface area is 172 Å². The highest BCUT2D eigenvalue weighted by atomic mass is 127. The average Bonchev–Trinajstić information content (AvgIpc) is 2.65. The first kappa shape index (κ1) is 20.0. The molecule has 0 bridgehead atoms. The van der Waals surface area contributed by atoms with Crippen molar-refractivity contribution in [2.75, 3.05) is 44.6 Å². The van der Waals surface area contributed by atoms with Gasteiger partial charge in [-0.25, -0.2) is 4.39 Å². The number of halogens is 2. The summed E-state index contributed by atoms with van der Waals surface area (Å²) in [6.07, 6.45) is 0. The Morgan fingerprint density at radius 1 is 1.15 bits per heavy atom. The number of benzene rings is 2. The van der Waals surface area contributed by atoms with Gasteiger partial charge in [0.25, 0.3) is 5.91 Å². The summed E-state index contributed by atoms with van der Waals surface area (Å²) in [5.41, 5.74) is 2.89. The van der Waals surface area contributed by atoms with Crippen LogP contribution in [0.25, 0.3) is 0 Å². The van der Waals surface area contributed by atoms with Crippen LogP contribution in [-0.4, -0.2) is 60.1 Å². The second-order valence-corrected chi connectivity index (χ2v) is 7.88. The van der Waals surface area contributed by atoms with Gasteiger partial charge >= 0.3 is 0 Å². The Hall–Kier alpha value is -1.71. The fourth-order valence-electron chi connectivity index (χ4n) is 3.20. The van der Waals surface area contributed by atoms with Crippen LogP contribution in [-0.2, 0) is 0 Å². The van der Waals surface area contributed by atoms with Gasteiger partial charge in [0.1, 0.15) is 5.82 Å². The van der Waals surface area contributed by atoms with Crippen LogP contribution in [0.15, 0.2) is 36.4 Å². The van der Waals surface area contributed by atoms with Crippen molar-refractivity contribution in [1.82, 2.24) is 9.80 Å². The predicted octanol–water partition coefficient (Wildman–Crippen LogP) is 3.23. The van der Waals surface area contributed by atoms with Crippen molar-refractivity contribution < 1.29 is 14.3 Å². The van der Waals surface area contributed by atoms with E-state index in [9.17, 15) is 9.18 Å². The van der Waals surface area contributed by atoms with Crippen LogP contribution in [0, 0.1) is 16.3 Å². The highest BCUT2D eigenvalue weighted by molar-refractivity contribution is 14.1. The van der Waals surface area contributed by atoms with E-state index in [1.807, 2.05) is 25.1 Å². The molecule has 2 aromatic carbocycles. The molecule has 1 saturated heterocycles. The van der Waals surface area contributed by atoms with Crippen molar-refractivity contribution in [2.24, 2.45) is 0 Å². The van der Waals surface area contributed by atoms with Gasteiger partial charge in [0, 0.05) is 42.0 Å². The van der Waals surface area contributed by atoms with Crippen LogP contribution >= 0.6 is 22.6 Å². The molecule has 3 rings (SSSR count). The Kier molecular flexibility index (Phi) is 6.67. The maximum absolute atomic E-state index is 13.9. The van der Waals surface area contributed by atoms with Gasteiger partial charge in [-0.05, 0) is 71.5 Å². The molecule has 0 spiro atoms. The van der Waals surface area contributed by atoms with E-state index >= 15 is 0 Å². The molecule has 0 saturated carbocycles. The number of β-amino-alcohol motifs (C(OH)–C–C–N with tert-alkyl or cyclic N) is 1. The molecule has 0 aromatic heterocycles. The molecule has 1 heterocycles. The molecule has 2 N–H and O–H groups in total. The highest BCUT2D eigenvalue weighted by Crippen LogP contribution is 2.26. The number of amides is 1. The summed E-state index contributed by atoms with van der Waals surface area (Å²) in [6.45, 7) is 5.27. The number of aryl methyl sites for hydroxylation is 1. The monoisotopic (exact) mass is 483 g/mol. The van der Waals surface area contributed by atoms with Crippen LogP contribution in [0.2, 0.25) is 0 Å². The lowest BCUT2D eigenvalue weighted by Crippen LogP contribution is -2.49. The fourth-order valence-corrected chi connectivity index (χ4v) is 3.85. The zero-order valence-corrected chi connectivity index (χ0v) is 17.4. The Morgan fingerprint density at radius 3 is 2.52 bits per heavy atom. The number of anilines is 2. The second-order valence-electron chi connectivity index (χ2n) is 6.63. The molecule has 144 valence electrons. The van der Waals surface area contributed by atoms with E-state index in [0.717, 1.165) is 14.8 Å². The van der Waals surface area contributed by atoms with Crippen LogP contribution in [0.3, 0.4) is 0 Å². The molecular weight excluding hydrogens is 460 g/mol. The largest absolute Gasteiger partial charge is 0.395 e. The molecule has 0 atom stereocenters. The number of aliphatic hydroxyl groups excluding tert-OH is 1. The first-order chi connectivity index (χ1) is 13.0. The summed E-state index contributed by atoms with van der Waals surface area (Å²) in [6, 6.07) is 10.3. The summed E-state index contributed by atoms with van der Waals surface area (Å²) in [4.78, 5) is 16.9. The van der Waals surface area contributed by atoms with Crippen LogP contribution < -0.4 is 5.32 Å². The summed E-state index contributed by atoms with van der Waals surface area (Å²) >= 11 is 2.25. The third-order valence-electron chi connectivity index (χ3n) is 4.75. The number of hydrogen-bond acceptors (Lipinski definition) is 4. The summed E-state index contributed by atoms with van der Waals surface area (Å²) in [5, 5.41) is 12.3. The van der Waals surface area contributed by atoms with E-state index < -0.39 is 5.82 Å². The van der Waals surface area contributed by atoms with Gasteiger partial charge in [0.15, 0.2) is 0 Å². The molecule has 0 radical (unpaired) electrons. The van der Waals surface area contributed by atoms with E-state index in [0.29, 0.717) is 44.0 Å². The third-order valence-corrected chi connectivity index (χ3v) is 5.42. The Morgan fingerprint density at radius 2 is 1.85 bits per heavy atom. The first-order valence-electron chi connectivity index (χ1n) is 8.93. The van der Waals surface area contributed by atoms with Crippen LogP contribution in [0.1, 0.15) is 15.9 Å². The van der Waals surface area contributed by atoms with Crippen LogP contribution in [0.5, 0.6) is 0 Å². The molecule has 27 heavy (non-hydrogen) atoms. The number of carbonyl (C=O) groups excluding carboxylic acids is 1. The minimum Gasteiger partial charge on any atom is -0.395 e. The van der Waals surface area contributed by atoms with Gasteiger partial charge in [0.2, 0.25) is 0 Å². The van der Waals surface area contributed by atoms with Crippen LogP contribution in [0.4, 0.5) is 15.8 Å². The SMILES string of the molecule is Cc1cc(I)ccc1Nc1ccc(F)cc1C(=O)N1CCN(CCO)CC1. The van der Waals surface area contributed by atoms with Gasteiger partial charge in [-0.3, -0.25) is 9.69 Å². The summed E-state index contributed by atoms with van der Waals surface area (Å²) in [7, 11) is 0. The number of aliphatic hydroxyl groups is 1. The minimum atomic E-state index is -0.429. The van der Waals surface area contributed by atoms with Gasteiger partial charge in [-0.1, -0.05) is 0 Å². The van der Waals surface area contributed by atoms with E-state index in [1.54, 1.807) is 11.0 Å². The molecule has 0 aliphatic carbocycles. The number of hydrogen-bond donors (Lipinski definition) is 2. The highest BCUT2D eigenvalue weighted by Gasteiger charge is 2.24. The minimum absolute atomic E-state index is 0.112. The van der Waals surface area contributed by atoms with Gasteiger partial charge in [0.05, 0.1) is 17.9 Å². The van der Waals surface area contributed by atoms with E-state index in [1.165, 1.54) is 12.1 Å². The number of carbonyl (C=O) groups is 1. The quantitative estimate of drug-likeness (QED) is 0.642. The van der Waals surface area contributed by atoms with Crippen molar-refractivity contribution in [3.63, 3.8) is 0 Å². The molecule has 1 fully saturated rings. The lowest BCUT2D eigenvalue weighted by molar-refractivity contribution is 0.0615. The average molecular weight is 483 g/mol. The fraction of sp³-hybridized carbons (Fsp3) is 0.350. The predicted molar refractivity (Wildman–Crippen MR) is 113 cm³/mol. The summed E-state index contributed by atoms with van der Waals surface area (Å²) in [5.74, 6) is -0.606. The molecule has 1 aliphatic heterocycles. The van der Waals surface area contributed by atoms with Crippen molar-refractivity contribution in [3.8, 4) is 0 Å². The number of nitrogens with zero attached hydrogens (tertiary/aromatic N) is 2. The molecule has 1 aliphatic rings. The van der Waals surface area contributed by atoms with Gasteiger partial charge in [-0.2, -0.15) is 0 Å². The molecule has 0 unspecified atom stereocenters. The van der Waals surface area contributed by atoms with E-state index in [4.69, 9.17) is 5.11 Å². The lowest BCUT2D eigenvalue weighted by atomic mass is 10.1. The Bertz CT molecular complexity index is 823. The number of piperazine rings is 1.